The van der Waals surface area contributed by atoms with Gasteiger partial charge < -0.3 is 24.4 Å². The van der Waals surface area contributed by atoms with E-state index in [4.69, 9.17) is 19.3 Å². The molecule has 2 aromatic carbocycles. The Bertz CT molecular complexity index is 1120. The second kappa shape index (κ2) is 10.0. The zero-order chi connectivity index (χ0) is 24.2. The van der Waals surface area contributed by atoms with Crippen molar-refractivity contribution in [3.63, 3.8) is 0 Å². The van der Waals surface area contributed by atoms with E-state index in [1.807, 2.05) is 0 Å². The number of aliphatic carboxylic acids is 1. The summed E-state index contributed by atoms with van der Waals surface area (Å²) in [6.07, 6.45) is -1.50. The lowest BCUT2D eigenvalue weighted by Crippen LogP contribution is -2.34. The molecule has 3 atom stereocenters. The third kappa shape index (κ3) is 4.94. The van der Waals surface area contributed by atoms with Crippen molar-refractivity contribution >= 4 is 24.0 Å². The molecule has 2 aromatic rings. The molecule has 34 heavy (non-hydrogen) atoms. The standard InChI is InChI=1S/C25H24O9/c26-13-32-22-12-18(29)24-15(4-2-6-20(24)34-22)8-10-16(27)9-7-14-3-1-5-19-23(14)17(28)11-21(33-19)25(30)31/h1-6,13,16,21-22,27H,7-12H2,(H,30,31). The number of carbonyl (C=O) groups excluding carboxylic acids is 3. The summed E-state index contributed by atoms with van der Waals surface area (Å²) in [4.78, 5) is 46.8. The van der Waals surface area contributed by atoms with Crippen molar-refractivity contribution in [2.75, 3.05) is 0 Å². The molecule has 0 aromatic heterocycles. The predicted octanol–water partition coefficient (Wildman–Crippen LogP) is 2.50. The normalized spacial score (nSPS) is 19.8. The number of carboxylic acids is 1. The van der Waals surface area contributed by atoms with Crippen molar-refractivity contribution in [1.82, 2.24) is 0 Å². The number of Topliss-reactive ketones (excluding diaryl/α,β-unsaturated/α-hetero) is 2. The Balaban J connectivity index is 1.38. The minimum Gasteiger partial charge on any atom is -0.478 e. The van der Waals surface area contributed by atoms with Crippen molar-refractivity contribution in [2.45, 2.75) is 57.0 Å². The molecule has 2 aliphatic rings. The molecule has 0 fully saturated rings. The second-order valence-corrected chi connectivity index (χ2v) is 8.29. The molecular weight excluding hydrogens is 444 g/mol. The largest absolute Gasteiger partial charge is 0.478 e. The Labute approximate surface area is 195 Å². The summed E-state index contributed by atoms with van der Waals surface area (Å²) < 4.78 is 15.8. The molecule has 9 nitrogen and oxygen atoms in total. The van der Waals surface area contributed by atoms with Gasteiger partial charge in [-0.25, -0.2) is 4.79 Å². The molecule has 4 rings (SSSR count). The van der Waals surface area contributed by atoms with E-state index >= 15 is 0 Å². The van der Waals surface area contributed by atoms with Crippen LogP contribution in [0.3, 0.4) is 0 Å². The average molecular weight is 468 g/mol. The molecule has 0 saturated carbocycles. The topological polar surface area (TPSA) is 136 Å². The number of ether oxygens (including phenoxy) is 3. The first-order chi connectivity index (χ1) is 16.4. The van der Waals surface area contributed by atoms with Gasteiger partial charge in [-0.05, 0) is 48.9 Å². The van der Waals surface area contributed by atoms with Crippen LogP contribution in [-0.4, -0.2) is 52.7 Å². The van der Waals surface area contributed by atoms with Crippen LogP contribution in [0.25, 0.3) is 0 Å². The highest BCUT2D eigenvalue weighted by Crippen LogP contribution is 2.33. The van der Waals surface area contributed by atoms with E-state index < -0.39 is 24.5 Å². The van der Waals surface area contributed by atoms with Gasteiger partial charge in [-0.2, -0.15) is 0 Å². The van der Waals surface area contributed by atoms with Crippen LogP contribution in [0, 0.1) is 0 Å². The van der Waals surface area contributed by atoms with Crippen LogP contribution in [0.15, 0.2) is 36.4 Å². The van der Waals surface area contributed by atoms with Gasteiger partial charge in [0.2, 0.25) is 6.10 Å². The molecule has 2 aliphatic heterocycles. The summed E-state index contributed by atoms with van der Waals surface area (Å²) in [6.45, 7) is 0.247. The predicted molar refractivity (Wildman–Crippen MR) is 117 cm³/mol. The number of rotatable bonds is 9. The molecule has 0 bridgehead atoms. The highest BCUT2D eigenvalue weighted by atomic mass is 16.7. The first-order valence-electron chi connectivity index (χ1n) is 11.0. The van der Waals surface area contributed by atoms with E-state index in [-0.39, 0.29) is 36.6 Å². The molecule has 9 heteroatoms. The van der Waals surface area contributed by atoms with Crippen molar-refractivity contribution in [2.24, 2.45) is 0 Å². The molecule has 178 valence electrons. The van der Waals surface area contributed by atoms with Gasteiger partial charge in [0, 0.05) is 0 Å². The number of aliphatic hydroxyl groups is 1. The van der Waals surface area contributed by atoms with E-state index in [0.717, 1.165) is 5.56 Å². The average Bonchev–Trinajstić information content (AvgIpc) is 2.81. The fourth-order valence-electron chi connectivity index (χ4n) is 4.37. The third-order valence-electron chi connectivity index (χ3n) is 6.01. The van der Waals surface area contributed by atoms with E-state index in [1.54, 1.807) is 36.4 Å². The lowest BCUT2D eigenvalue weighted by molar-refractivity contribution is -0.148. The van der Waals surface area contributed by atoms with Crippen molar-refractivity contribution in [1.29, 1.82) is 0 Å². The highest BCUT2D eigenvalue weighted by Gasteiger charge is 2.33. The monoisotopic (exact) mass is 468 g/mol. The van der Waals surface area contributed by atoms with Crippen molar-refractivity contribution in [3.05, 3.63) is 58.7 Å². The summed E-state index contributed by atoms with van der Waals surface area (Å²) in [7, 11) is 0. The fourth-order valence-corrected chi connectivity index (χ4v) is 4.37. The van der Waals surface area contributed by atoms with E-state index in [0.29, 0.717) is 48.1 Å². The maximum absolute atomic E-state index is 12.6. The van der Waals surface area contributed by atoms with Crippen LogP contribution in [0.2, 0.25) is 0 Å². The Morgan fingerprint density at radius 1 is 0.971 bits per heavy atom. The van der Waals surface area contributed by atoms with Gasteiger partial charge >= 0.3 is 5.97 Å². The summed E-state index contributed by atoms with van der Waals surface area (Å²) in [5, 5.41) is 19.7. The fraction of sp³-hybridized carbons (Fsp3) is 0.360. The number of aliphatic hydroxyl groups excluding tert-OH is 1. The molecule has 3 unspecified atom stereocenters. The summed E-state index contributed by atoms with van der Waals surface area (Å²) >= 11 is 0. The van der Waals surface area contributed by atoms with E-state index in [2.05, 4.69) is 0 Å². The van der Waals surface area contributed by atoms with Crippen LogP contribution in [0.1, 0.15) is 57.5 Å². The van der Waals surface area contributed by atoms with Gasteiger partial charge in [-0.15, -0.1) is 0 Å². The molecule has 0 spiro atoms. The van der Waals surface area contributed by atoms with Crippen LogP contribution in [-0.2, 0) is 27.2 Å². The summed E-state index contributed by atoms with van der Waals surface area (Å²) in [5.74, 6) is -1.05. The van der Waals surface area contributed by atoms with Crippen LogP contribution in [0.4, 0.5) is 0 Å². The van der Waals surface area contributed by atoms with Crippen LogP contribution >= 0.6 is 0 Å². The van der Waals surface area contributed by atoms with Crippen molar-refractivity contribution < 1.29 is 43.6 Å². The van der Waals surface area contributed by atoms with Gasteiger partial charge in [0.05, 0.1) is 30.1 Å². The maximum Gasteiger partial charge on any atom is 0.345 e. The number of hydrogen-bond acceptors (Lipinski definition) is 8. The van der Waals surface area contributed by atoms with Gasteiger partial charge in [0.1, 0.15) is 11.5 Å². The van der Waals surface area contributed by atoms with E-state index in [9.17, 15) is 24.3 Å². The number of fused-ring (bicyclic) bond motifs is 2. The Hall–Kier alpha value is -3.72. The molecule has 0 aliphatic carbocycles. The van der Waals surface area contributed by atoms with Gasteiger partial charge in [0.15, 0.2) is 11.6 Å². The Morgan fingerprint density at radius 3 is 2.09 bits per heavy atom. The smallest absolute Gasteiger partial charge is 0.345 e. The number of benzene rings is 2. The zero-order valence-electron chi connectivity index (χ0n) is 18.3. The second-order valence-electron chi connectivity index (χ2n) is 8.29. The van der Waals surface area contributed by atoms with E-state index in [1.165, 1.54) is 0 Å². The van der Waals surface area contributed by atoms with Crippen molar-refractivity contribution in [3.8, 4) is 11.5 Å². The molecule has 0 radical (unpaired) electrons. The Kier molecular flexibility index (Phi) is 6.93. The number of carbonyl (C=O) groups is 4. The number of carboxylic acid groups (broad SMARTS) is 1. The van der Waals surface area contributed by atoms with Gasteiger partial charge in [-0.1, -0.05) is 24.3 Å². The lowest BCUT2D eigenvalue weighted by Gasteiger charge is -2.25. The van der Waals surface area contributed by atoms with Crippen LogP contribution in [0.5, 0.6) is 11.5 Å². The minimum atomic E-state index is -1.19. The zero-order valence-corrected chi connectivity index (χ0v) is 18.3. The number of ketones is 2. The summed E-state index contributed by atoms with van der Waals surface area (Å²) in [6, 6.07) is 10.2. The first kappa shape index (κ1) is 23.4. The maximum atomic E-state index is 12.6. The molecule has 2 N–H and O–H groups in total. The van der Waals surface area contributed by atoms with Crippen LogP contribution < -0.4 is 9.47 Å². The SMILES string of the molecule is O=COC1CC(=O)c2c(CCC(O)CCc3cccc4c3C(=O)CC(C(=O)O)O4)cccc2O1. The van der Waals surface area contributed by atoms with Gasteiger partial charge in [-0.3, -0.25) is 14.4 Å². The Morgan fingerprint density at radius 2 is 1.53 bits per heavy atom. The quantitative estimate of drug-likeness (QED) is 0.532. The molecule has 0 saturated heterocycles. The molecular formula is C25H24O9. The first-order valence-corrected chi connectivity index (χ1v) is 11.0. The lowest BCUT2D eigenvalue weighted by atomic mass is 9.91. The number of hydrogen-bond donors (Lipinski definition) is 2. The molecule has 0 amide bonds. The number of aryl methyl sites for hydroxylation is 2. The minimum absolute atomic E-state index is 0.0662. The third-order valence-corrected chi connectivity index (χ3v) is 6.01. The molecule has 2 heterocycles. The highest BCUT2D eigenvalue weighted by molar-refractivity contribution is 6.03. The summed E-state index contributed by atoms with van der Waals surface area (Å²) in [5.41, 5.74) is 2.26. The van der Waals surface area contributed by atoms with Gasteiger partial charge in [0.25, 0.3) is 12.8 Å².